The normalized spacial score (nSPS) is 11.3. The number of thioether (sulfide) groups is 1. The molecule has 0 aliphatic heterocycles. The molecule has 1 N–H and O–H groups in total. The lowest BCUT2D eigenvalue weighted by atomic mass is 10.2. The summed E-state index contributed by atoms with van der Waals surface area (Å²) in [6, 6.07) is 8.05. The van der Waals surface area contributed by atoms with Crippen molar-refractivity contribution in [1.29, 1.82) is 0 Å². The van der Waals surface area contributed by atoms with Gasteiger partial charge in [0.25, 0.3) is 5.56 Å². The molecule has 1 aromatic carbocycles. The van der Waals surface area contributed by atoms with Crippen LogP contribution < -0.4 is 10.5 Å². The van der Waals surface area contributed by atoms with Gasteiger partial charge in [0.2, 0.25) is 5.91 Å². The minimum absolute atomic E-state index is 0.142. The molecule has 0 saturated carbocycles. The standard InChI is InChI=1S/C17H19F3N4O2S/c1-23(2)12-6-4-11(5-7-12)9-24(3)15(26)10-27-16-21-13(17(18,19)20)8-14(25)22-16/h4-8H,9-10H2,1-3H3,(H,21,22,25). The number of nitrogens with one attached hydrogen (secondary N) is 1. The first-order chi connectivity index (χ1) is 12.6. The fourth-order valence-electron chi connectivity index (χ4n) is 2.15. The molecule has 0 aliphatic rings. The maximum absolute atomic E-state index is 12.7. The number of nitrogens with zero attached hydrogens (tertiary/aromatic N) is 3. The molecule has 2 rings (SSSR count). The van der Waals surface area contributed by atoms with Gasteiger partial charge in [0.1, 0.15) is 0 Å². The Morgan fingerprint density at radius 1 is 1.19 bits per heavy atom. The molecule has 0 aliphatic carbocycles. The molecule has 6 nitrogen and oxygen atoms in total. The van der Waals surface area contributed by atoms with Crippen LogP contribution in [0.4, 0.5) is 18.9 Å². The fourth-order valence-corrected chi connectivity index (χ4v) is 2.97. The van der Waals surface area contributed by atoms with Gasteiger partial charge in [-0.05, 0) is 17.7 Å². The van der Waals surface area contributed by atoms with E-state index in [2.05, 4.69) is 9.97 Å². The molecule has 1 amide bonds. The van der Waals surface area contributed by atoms with Gasteiger partial charge in [-0.3, -0.25) is 9.59 Å². The maximum atomic E-state index is 12.7. The van der Waals surface area contributed by atoms with E-state index >= 15 is 0 Å². The van der Waals surface area contributed by atoms with Gasteiger partial charge in [-0.15, -0.1) is 0 Å². The minimum Gasteiger partial charge on any atom is -0.378 e. The number of amides is 1. The lowest BCUT2D eigenvalue weighted by Crippen LogP contribution is -2.28. The van der Waals surface area contributed by atoms with Crippen LogP contribution >= 0.6 is 11.8 Å². The number of carbonyl (C=O) groups is 1. The average Bonchev–Trinajstić information content (AvgIpc) is 2.58. The summed E-state index contributed by atoms with van der Waals surface area (Å²) in [4.78, 5) is 32.5. The quantitative estimate of drug-likeness (QED) is 0.596. The number of hydrogen-bond acceptors (Lipinski definition) is 5. The molecule has 146 valence electrons. The Balaban J connectivity index is 1.97. The van der Waals surface area contributed by atoms with Crippen molar-refractivity contribution in [3.8, 4) is 0 Å². The highest BCUT2D eigenvalue weighted by atomic mass is 32.2. The number of halogens is 3. The Morgan fingerprint density at radius 3 is 2.37 bits per heavy atom. The highest BCUT2D eigenvalue weighted by Gasteiger charge is 2.33. The number of hydrogen-bond donors (Lipinski definition) is 1. The molecule has 0 unspecified atom stereocenters. The molecule has 10 heteroatoms. The van der Waals surface area contributed by atoms with Crippen LogP contribution in [-0.4, -0.2) is 47.7 Å². The zero-order chi connectivity index (χ0) is 20.2. The van der Waals surface area contributed by atoms with Crippen molar-refractivity contribution in [3.05, 3.63) is 51.9 Å². The van der Waals surface area contributed by atoms with E-state index in [1.165, 1.54) is 4.90 Å². The zero-order valence-electron chi connectivity index (χ0n) is 15.0. The van der Waals surface area contributed by atoms with Crippen molar-refractivity contribution < 1.29 is 18.0 Å². The molecule has 0 spiro atoms. The summed E-state index contributed by atoms with van der Waals surface area (Å²) in [7, 11) is 5.45. The lowest BCUT2D eigenvalue weighted by Gasteiger charge is -2.18. The third-order valence-corrected chi connectivity index (χ3v) is 4.50. The molecule has 0 saturated heterocycles. The van der Waals surface area contributed by atoms with Gasteiger partial charge in [-0.2, -0.15) is 13.2 Å². The number of anilines is 1. The summed E-state index contributed by atoms with van der Waals surface area (Å²) in [6.07, 6.45) is -4.72. The third-order valence-electron chi connectivity index (χ3n) is 3.64. The Kier molecular flexibility index (Phi) is 6.53. The SMILES string of the molecule is CN(Cc1ccc(N(C)C)cc1)C(=O)CSc1nc(C(F)(F)F)cc(=O)[nH]1. The largest absolute Gasteiger partial charge is 0.433 e. The second-order valence-electron chi connectivity index (χ2n) is 6.03. The van der Waals surface area contributed by atoms with Crippen molar-refractivity contribution in [3.63, 3.8) is 0 Å². The zero-order valence-corrected chi connectivity index (χ0v) is 15.8. The van der Waals surface area contributed by atoms with E-state index in [0.717, 1.165) is 23.0 Å². The van der Waals surface area contributed by atoms with Crippen molar-refractivity contribution in [2.45, 2.75) is 17.9 Å². The molecular formula is C17H19F3N4O2S. The first-order valence-electron chi connectivity index (χ1n) is 7.88. The van der Waals surface area contributed by atoms with Crippen LogP contribution in [0.3, 0.4) is 0 Å². The van der Waals surface area contributed by atoms with Crippen LogP contribution in [0.5, 0.6) is 0 Å². The highest BCUT2D eigenvalue weighted by Crippen LogP contribution is 2.27. The van der Waals surface area contributed by atoms with E-state index in [4.69, 9.17) is 0 Å². The number of carbonyl (C=O) groups excluding carboxylic acids is 1. The predicted molar refractivity (Wildman–Crippen MR) is 97.8 cm³/mol. The minimum atomic E-state index is -4.72. The Labute approximate surface area is 158 Å². The van der Waals surface area contributed by atoms with Gasteiger partial charge in [0.05, 0.1) is 5.75 Å². The Morgan fingerprint density at radius 2 is 1.81 bits per heavy atom. The summed E-state index contributed by atoms with van der Waals surface area (Å²) in [5.41, 5.74) is -0.243. The van der Waals surface area contributed by atoms with E-state index in [1.807, 2.05) is 43.3 Å². The third kappa shape index (κ3) is 6.02. The molecule has 0 fully saturated rings. The number of H-pyrrole nitrogens is 1. The molecule has 2 aromatic rings. The first-order valence-corrected chi connectivity index (χ1v) is 8.86. The van der Waals surface area contributed by atoms with Crippen molar-refractivity contribution >= 4 is 23.4 Å². The summed E-state index contributed by atoms with van der Waals surface area (Å²) in [6.45, 7) is 0.361. The molecule has 0 atom stereocenters. The number of alkyl halides is 3. The van der Waals surface area contributed by atoms with Crippen LogP contribution in [-0.2, 0) is 17.5 Å². The second kappa shape index (κ2) is 8.47. The van der Waals surface area contributed by atoms with Crippen molar-refractivity contribution in [2.75, 3.05) is 31.8 Å². The topological polar surface area (TPSA) is 69.3 Å². The Hall–Kier alpha value is -2.49. The van der Waals surface area contributed by atoms with Gasteiger partial charge in [-0.25, -0.2) is 4.98 Å². The van der Waals surface area contributed by atoms with Crippen molar-refractivity contribution in [2.24, 2.45) is 0 Å². The van der Waals surface area contributed by atoms with E-state index in [0.29, 0.717) is 12.6 Å². The summed E-state index contributed by atoms with van der Waals surface area (Å²) in [5, 5.41) is -0.244. The first kappa shape index (κ1) is 20.8. The van der Waals surface area contributed by atoms with Crippen LogP contribution in [0.1, 0.15) is 11.3 Å². The maximum Gasteiger partial charge on any atom is 0.433 e. The van der Waals surface area contributed by atoms with Gasteiger partial charge in [-0.1, -0.05) is 23.9 Å². The fraction of sp³-hybridized carbons (Fsp3) is 0.353. The molecule has 1 aromatic heterocycles. The Bertz CT molecular complexity index is 850. The van der Waals surface area contributed by atoms with Crippen LogP contribution in [0.2, 0.25) is 0 Å². The molecular weight excluding hydrogens is 381 g/mol. The lowest BCUT2D eigenvalue weighted by molar-refractivity contribution is -0.141. The second-order valence-corrected chi connectivity index (χ2v) is 7.00. The van der Waals surface area contributed by atoms with Crippen LogP contribution in [0.25, 0.3) is 0 Å². The van der Waals surface area contributed by atoms with E-state index < -0.39 is 17.4 Å². The van der Waals surface area contributed by atoms with Crippen LogP contribution in [0, 0.1) is 0 Å². The van der Waals surface area contributed by atoms with Crippen LogP contribution in [0.15, 0.2) is 40.3 Å². The monoisotopic (exact) mass is 400 g/mol. The van der Waals surface area contributed by atoms with E-state index in [1.54, 1.807) is 7.05 Å². The van der Waals surface area contributed by atoms with Crippen molar-refractivity contribution in [1.82, 2.24) is 14.9 Å². The molecule has 1 heterocycles. The van der Waals surface area contributed by atoms with E-state index in [9.17, 15) is 22.8 Å². The smallest absolute Gasteiger partial charge is 0.378 e. The number of aromatic amines is 1. The van der Waals surface area contributed by atoms with Gasteiger partial charge < -0.3 is 14.8 Å². The highest BCUT2D eigenvalue weighted by molar-refractivity contribution is 7.99. The average molecular weight is 400 g/mol. The van der Waals surface area contributed by atoms with Gasteiger partial charge in [0, 0.05) is 39.4 Å². The summed E-state index contributed by atoms with van der Waals surface area (Å²) >= 11 is 0.754. The van der Waals surface area contributed by atoms with Gasteiger partial charge in [0.15, 0.2) is 10.9 Å². The number of rotatable bonds is 6. The van der Waals surface area contributed by atoms with Gasteiger partial charge >= 0.3 is 6.18 Å². The van der Waals surface area contributed by atoms with E-state index in [-0.39, 0.29) is 16.8 Å². The number of benzene rings is 1. The molecule has 27 heavy (non-hydrogen) atoms. The summed E-state index contributed by atoms with van der Waals surface area (Å²) < 4.78 is 38.1. The number of aromatic nitrogens is 2. The summed E-state index contributed by atoms with van der Waals surface area (Å²) in [5.74, 6) is -0.437. The molecule has 0 bridgehead atoms. The molecule has 0 radical (unpaired) electrons. The predicted octanol–water partition coefficient (Wildman–Crippen LogP) is 2.61.